The van der Waals surface area contributed by atoms with Crippen LogP contribution in [-0.4, -0.2) is 35.4 Å². The highest BCUT2D eigenvalue weighted by atomic mass is 32.1. The molecule has 10 heteroatoms. The van der Waals surface area contributed by atoms with Gasteiger partial charge in [-0.2, -0.15) is 0 Å². The number of hydrogen-bond donors (Lipinski definition) is 1. The monoisotopic (exact) mass is 412 g/mol. The van der Waals surface area contributed by atoms with Crippen LogP contribution in [0, 0.1) is 16.0 Å². The van der Waals surface area contributed by atoms with E-state index in [4.69, 9.17) is 4.74 Å². The van der Waals surface area contributed by atoms with Crippen LogP contribution in [0.1, 0.15) is 6.42 Å². The number of nitrogens with zero attached hydrogens (tertiary/aromatic N) is 3. The van der Waals surface area contributed by atoms with Crippen LogP contribution in [0.5, 0.6) is 5.75 Å². The molecule has 2 aromatic carbocycles. The molecule has 1 unspecified atom stereocenters. The number of hydrogen-bond acceptors (Lipinski definition) is 7. The number of carbonyl (C=O) groups is 2. The van der Waals surface area contributed by atoms with Crippen molar-refractivity contribution in [2.24, 2.45) is 5.92 Å². The molecule has 0 aliphatic carbocycles. The van der Waals surface area contributed by atoms with E-state index in [1.807, 2.05) is 0 Å². The Hall–Kier alpha value is -3.53. The van der Waals surface area contributed by atoms with Crippen molar-refractivity contribution in [2.45, 2.75) is 6.42 Å². The van der Waals surface area contributed by atoms with E-state index in [1.165, 1.54) is 12.1 Å². The van der Waals surface area contributed by atoms with E-state index in [0.717, 1.165) is 11.3 Å². The summed E-state index contributed by atoms with van der Waals surface area (Å²) in [6.45, 7) is 0.271. The molecule has 148 valence electrons. The van der Waals surface area contributed by atoms with E-state index in [1.54, 1.807) is 42.3 Å². The minimum atomic E-state index is -0.508. The third-order valence-electron chi connectivity index (χ3n) is 4.69. The van der Waals surface area contributed by atoms with E-state index in [9.17, 15) is 19.7 Å². The molecule has 1 atom stereocenters. The maximum absolute atomic E-state index is 12.6. The van der Waals surface area contributed by atoms with Gasteiger partial charge in [-0.25, -0.2) is 4.98 Å². The molecule has 2 heterocycles. The topological polar surface area (TPSA) is 115 Å². The number of nitro groups is 1. The number of fused-ring (bicyclic) bond motifs is 1. The smallest absolute Gasteiger partial charge is 0.270 e. The van der Waals surface area contributed by atoms with E-state index in [0.29, 0.717) is 26.8 Å². The van der Waals surface area contributed by atoms with Crippen LogP contribution in [0.4, 0.5) is 16.5 Å². The van der Waals surface area contributed by atoms with Gasteiger partial charge in [-0.1, -0.05) is 11.3 Å². The van der Waals surface area contributed by atoms with Crippen LogP contribution in [0.15, 0.2) is 42.5 Å². The number of rotatable bonds is 5. The quantitative estimate of drug-likeness (QED) is 0.508. The van der Waals surface area contributed by atoms with Crippen LogP contribution < -0.4 is 15.0 Å². The molecule has 1 aliphatic rings. The van der Waals surface area contributed by atoms with E-state index in [2.05, 4.69) is 10.3 Å². The predicted molar refractivity (Wildman–Crippen MR) is 108 cm³/mol. The Labute approximate surface area is 169 Å². The Kier molecular flexibility index (Phi) is 4.85. The average molecular weight is 412 g/mol. The summed E-state index contributed by atoms with van der Waals surface area (Å²) in [6, 6.07) is 11.4. The van der Waals surface area contributed by atoms with Gasteiger partial charge in [0, 0.05) is 30.8 Å². The van der Waals surface area contributed by atoms with Gasteiger partial charge < -0.3 is 15.0 Å². The molecule has 1 N–H and O–H groups in total. The average Bonchev–Trinajstić information content (AvgIpc) is 3.30. The third-order valence-corrected chi connectivity index (χ3v) is 5.63. The molecule has 0 radical (unpaired) electrons. The van der Waals surface area contributed by atoms with Crippen molar-refractivity contribution in [3.05, 3.63) is 52.6 Å². The molecule has 9 nitrogen and oxygen atoms in total. The summed E-state index contributed by atoms with van der Waals surface area (Å²) in [5.74, 6) is -0.255. The summed E-state index contributed by atoms with van der Waals surface area (Å²) < 4.78 is 5.73. The zero-order valence-electron chi connectivity index (χ0n) is 15.3. The van der Waals surface area contributed by atoms with E-state index >= 15 is 0 Å². The van der Waals surface area contributed by atoms with Crippen LogP contribution in [0.2, 0.25) is 0 Å². The lowest BCUT2D eigenvalue weighted by Gasteiger charge is -2.16. The molecule has 1 aliphatic heterocycles. The molecule has 4 rings (SSSR count). The standard InChI is InChI=1S/C19H16N4O5S/c1-28-14-5-2-12(3-6-14)22-10-11(8-17(22)24)18(25)21-19-20-15-7-4-13(23(26)27)9-16(15)29-19/h2-7,9,11H,8,10H2,1H3,(H,20,21,25). The maximum atomic E-state index is 12.6. The van der Waals surface area contributed by atoms with Crippen LogP contribution in [0.3, 0.4) is 0 Å². The minimum Gasteiger partial charge on any atom is -0.497 e. The van der Waals surface area contributed by atoms with Gasteiger partial charge in [-0.3, -0.25) is 19.7 Å². The van der Waals surface area contributed by atoms with Gasteiger partial charge in [0.2, 0.25) is 11.8 Å². The van der Waals surface area contributed by atoms with Crippen molar-refractivity contribution in [2.75, 3.05) is 23.9 Å². The van der Waals surface area contributed by atoms with Crippen molar-refractivity contribution in [1.29, 1.82) is 0 Å². The van der Waals surface area contributed by atoms with Crippen LogP contribution in [-0.2, 0) is 9.59 Å². The van der Waals surface area contributed by atoms with Gasteiger partial charge in [0.1, 0.15) is 5.75 Å². The first kappa shape index (κ1) is 18.8. The lowest BCUT2D eigenvalue weighted by atomic mass is 10.1. The number of carbonyl (C=O) groups excluding carboxylic acids is 2. The Morgan fingerprint density at radius 1 is 1.31 bits per heavy atom. The Bertz CT molecular complexity index is 1110. The van der Waals surface area contributed by atoms with Gasteiger partial charge in [-0.15, -0.1) is 0 Å². The number of methoxy groups -OCH3 is 1. The molecule has 1 fully saturated rings. The first-order valence-corrected chi connectivity index (χ1v) is 9.56. The molecular formula is C19H16N4O5S. The second-order valence-corrected chi connectivity index (χ2v) is 7.55. The second kappa shape index (κ2) is 7.47. The fourth-order valence-corrected chi connectivity index (χ4v) is 4.08. The lowest BCUT2D eigenvalue weighted by molar-refractivity contribution is -0.384. The van der Waals surface area contributed by atoms with Gasteiger partial charge in [0.05, 0.1) is 28.2 Å². The van der Waals surface area contributed by atoms with Crippen molar-refractivity contribution in [3.8, 4) is 5.75 Å². The molecular weight excluding hydrogens is 396 g/mol. The number of non-ortho nitro benzene ring substituents is 1. The largest absolute Gasteiger partial charge is 0.497 e. The van der Waals surface area contributed by atoms with Crippen molar-refractivity contribution < 1.29 is 19.2 Å². The summed E-state index contributed by atoms with van der Waals surface area (Å²) >= 11 is 1.16. The molecule has 3 aromatic rings. The Balaban J connectivity index is 1.46. The number of nitro benzene ring substituents is 1. The molecule has 1 saturated heterocycles. The highest BCUT2D eigenvalue weighted by molar-refractivity contribution is 7.22. The summed E-state index contributed by atoms with van der Waals surface area (Å²) in [5, 5.41) is 14.0. The highest BCUT2D eigenvalue weighted by Gasteiger charge is 2.35. The van der Waals surface area contributed by atoms with E-state index < -0.39 is 10.8 Å². The first-order valence-electron chi connectivity index (χ1n) is 8.75. The number of ether oxygens (including phenoxy) is 1. The predicted octanol–water partition coefficient (Wildman–Crippen LogP) is 3.20. The molecule has 29 heavy (non-hydrogen) atoms. The number of amides is 2. The molecule has 0 spiro atoms. The minimum absolute atomic E-state index is 0.0319. The zero-order valence-corrected chi connectivity index (χ0v) is 16.1. The van der Waals surface area contributed by atoms with Crippen molar-refractivity contribution >= 4 is 49.9 Å². The van der Waals surface area contributed by atoms with Crippen molar-refractivity contribution in [1.82, 2.24) is 4.98 Å². The van der Waals surface area contributed by atoms with Gasteiger partial charge in [-0.05, 0) is 30.3 Å². The normalized spacial score (nSPS) is 16.2. The molecule has 0 bridgehead atoms. The van der Waals surface area contributed by atoms with Gasteiger partial charge in [0.25, 0.3) is 5.69 Å². The second-order valence-electron chi connectivity index (χ2n) is 6.52. The number of benzene rings is 2. The summed E-state index contributed by atoms with van der Waals surface area (Å²) in [7, 11) is 1.57. The molecule has 1 aromatic heterocycles. The zero-order chi connectivity index (χ0) is 20.5. The van der Waals surface area contributed by atoms with Crippen molar-refractivity contribution in [3.63, 3.8) is 0 Å². The third kappa shape index (κ3) is 3.74. The first-order chi connectivity index (χ1) is 13.9. The summed E-state index contributed by atoms with van der Waals surface area (Å²) in [4.78, 5) is 41.3. The Morgan fingerprint density at radius 3 is 2.76 bits per heavy atom. The number of thiazole rings is 1. The number of anilines is 2. The van der Waals surface area contributed by atoms with Gasteiger partial charge in [0.15, 0.2) is 5.13 Å². The molecule has 0 saturated carbocycles. The van der Waals surface area contributed by atoms with Crippen LogP contribution in [0.25, 0.3) is 10.2 Å². The fraction of sp³-hybridized carbons (Fsp3) is 0.211. The maximum Gasteiger partial charge on any atom is 0.270 e. The summed E-state index contributed by atoms with van der Waals surface area (Å²) in [6.07, 6.45) is 0.105. The van der Waals surface area contributed by atoms with E-state index in [-0.39, 0.29) is 30.5 Å². The fourth-order valence-electron chi connectivity index (χ4n) is 3.18. The number of nitrogens with one attached hydrogen (secondary N) is 1. The van der Waals surface area contributed by atoms with Gasteiger partial charge >= 0.3 is 0 Å². The Morgan fingerprint density at radius 2 is 2.07 bits per heavy atom. The van der Waals surface area contributed by atoms with Crippen LogP contribution >= 0.6 is 11.3 Å². The number of aromatic nitrogens is 1. The highest BCUT2D eigenvalue weighted by Crippen LogP contribution is 2.31. The molecule has 2 amide bonds. The SMILES string of the molecule is COc1ccc(N2CC(C(=O)Nc3nc4ccc([N+](=O)[O-])cc4s3)CC2=O)cc1. The summed E-state index contributed by atoms with van der Waals surface area (Å²) in [5.41, 5.74) is 1.24. The lowest BCUT2D eigenvalue weighted by Crippen LogP contribution is -2.28.